The summed E-state index contributed by atoms with van der Waals surface area (Å²) in [5.41, 5.74) is 0.652. The van der Waals surface area contributed by atoms with Crippen LogP contribution in [0, 0.1) is 0 Å². The average Bonchev–Trinajstić information content (AvgIpc) is 2.94. The van der Waals surface area contributed by atoms with Crippen molar-refractivity contribution in [2.45, 2.75) is 69.7 Å². The van der Waals surface area contributed by atoms with Gasteiger partial charge in [-0.3, -0.25) is 0 Å². The topological polar surface area (TPSA) is 85.2 Å². The van der Waals surface area contributed by atoms with E-state index in [0.717, 1.165) is 36.8 Å². The van der Waals surface area contributed by atoms with E-state index in [1.54, 1.807) is 26.4 Å². The zero-order valence-corrected chi connectivity index (χ0v) is 22.7. The highest BCUT2D eigenvalue weighted by Crippen LogP contribution is 2.46. The molecule has 2 N–H and O–H groups in total. The highest BCUT2D eigenvalue weighted by atomic mass is 16.7. The number of esters is 1. The molecule has 0 aliphatic carbocycles. The summed E-state index contributed by atoms with van der Waals surface area (Å²) < 4.78 is 18.9. The van der Waals surface area contributed by atoms with Gasteiger partial charge >= 0.3 is 5.97 Å². The predicted molar refractivity (Wildman–Crippen MR) is 148 cm³/mol. The molecule has 1 atom stereocenters. The van der Waals surface area contributed by atoms with E-state index in [2.05, 4.69) is 6.92 Å². The average molecular weight is 521 g/mol. The van der Waals surface area contributed by atoms with Gasteiger partial charge in [-0.15, -0.1) is 0 Å². The van der Waals surface area contributed by atoms with E-state index < -0.39 is 17.4 Å². The minimum atomic E-state index is -1.41. The van der Waals surface area contributed by atoms with Gasteiger partial charge in [-0.05, 0) is 54.8 Å². The molecule has 0 spiro atoms. The van der Waals surface area contributed by atoms with E-state index in [4.69, 9.17) is 14.2 Å². The van der Waals surface area contributed by atoms with Crippen molar-refractivity contribution in [2.75, 3.05) is 14.2 Å². The quantitative estimate of drug-likeness (QED) is 0.126. The molecule has 0 aliphatic rings. The summed E-state index contributed by atoms with van der Waals surface area (Å²) in [5, 5.41) is 19.6. The third-order valence-electron chi connectivity index (χ3n) is 7.08. The van der Waals surface area contributed by atoms with Crippen LogP contribution in [0.5, 0.6) is 11.5 Å². The largest absolute Gasteiger partial charge is 0.508 e. The van der Waals surface area contributed by atoms with Crippen molar-refractivity contribution in [3.63, 3.8) is 0 Å². The van der Waals surface area contributed by atoms with Crippen LogP contribution in [-0.2, 0) is 26.4 Å². The van der Waals surface area contributed by atoms with E-state index in [9.17, 15) is 15.0 Å². The minimum absolute atomic E-state index is 0.0661. The molecule has 3 rings (SSSR count). The van der Waals surface area contributed by atoms with Crippen LogP contribution in [0.1, 0.15) is 73.4 Å². The monoisotopic (exact) mass is 520 g/mol. The number of methoxy groups -OCH3 is 2. The molecule has 0 saturated carbocycles. The van der Waals surface area contributed by atoms with Crippen molar-refractivity contribution in [3.05, 3.63) is 95.6 Å². The van der Waals surface area contributed by atoms with Gasteiger partial charge in [-0.1, -0.05) is 81.5 Å². The maximum atomic E-state index is 13.6. The molecule has 0 aromatic heterocycles. The van der Waals surface area contributed by atoms with Crippen molar-refractivity contribution in [1.29, 1.82) is 0 Å². The highest BCUT2D eigenvalue weighted by molar-refractivity contribution is 5.90. The van der Waals surface area contributed by atoms with Crippen molar-refractivity contribution >= 4 is 5.97 Å². The lowest BCUT2D eigenvalue weighted by atomic mass is 9.77. The Hall–Kier alpha value is -3.35. The van der Waals surface area contributed by atoms with Crippen molar-refractivity contribution < 1.29 is 29.2 Å². The van der Waals surface area contributed by atoms with Gasteiger partial charge in [-0.25, -0.2) is 4.79 Å². The Kier molecular flexibility index (Phi) is 10.7. The Morgan fingerprint density at radius 3 is 1.87 bits per heavy atom. The smallest absolute Gasteiger partial charge is 0.338 e. The van der Waals surface area contributed by atoms with Gasteiger partial charge in [0.15, 0.2) is 5.60 Å². The van der Waals surface area contributed by atoms with Crippen LogP contribution >= 0.6 is 0 Å². The van der Waals surface area contributed by atoms with Gasteiger partial charge in [0, 0.05) is 26.2 Å². The van der Waals surface area contributed by atoms with Gasteiger partial charge < -0.3 is 24.4 Å². The Balaban J connectivity index is 2.11. The van der Waals surface area contributed by atoms with E-state index in [1.807, 2.05) is 42.5 Å². The summed E-state index contributed by atoms with van der Waals surface area (Å²) in [4.78, 5) is 13.6. The molecule has 6 heteroatoms. The fourth-order valence-electron chi connectivity index (χ4n) is 5.10. The number of hydrogen-bond acceptors (Lipinski definition) is 6. The van der Waals surface area contributed by atoms with Crippen LogP contribution < -0.4 is 0 Å². The molecule has 38 heavy (non-hydrogen) atoms. The molecular weight excluding hydrogens is 480 g/mol. The summed E-state index contributed by atoms with van der Waals surface area (Å²) in [6.07, 6.45) is 7.17. The molecule has 0 bridgehead atoms. The van der Waals surface area contributed by atoms with Crippen molar-refractivity contribution in [3.8, 4) is 11.5 Å². The molecule has 0 heterocycles. The lowest BCUT2D eigenvalue weighted by Gasteiger charge is -2.48. The maximum absolute atomic E-state index is 13.6. The Morgan fingerprint density at radius 2 is 1.29 bits per heavy atom. The number of carbonyl (C=O) groups excluding carboxylic acids is 1. The van der Waals surface area contributed by atoms with Crippen LogP contribution in [-0.4, -0.2) is 36.0 Å². The van der Waals surface area contributed by atoms with E-state index in [1.165, 1.54) is 37.1 Å². The second-order valence-corrected chi connectivity index (χ2v) is 9.68. The third kappa shape index (κ3) is 6.94. The molecular formula is C32H40O6. The fraction of sp³-hybridized carbons (Fsp3) is 0.406. The zero-order chi connectivity index (χ0) is 27.4. The molecule has 204 valence electrons. The molecule has 0 amide bonds. The normalized spacial score (nSPS) is 13.1. The van der Waals surface area contributed by atoms with Crippen LogP contribution in [0.25, 0.3) is 0 Å². The van der Waals surface area contributed by atoms with Gasteiger partial charge in [0.1, 0.15) is 11.5 Å². The molecule has 3 aromatic rings. The van der Waals surface area contributed by atoms with Gasteiger partial charge in [0.25, 0.3) is 0 Å². The first-order chi connectivity index (χ1) is 18.4. The van der Waals surface area contributed by atoms with Gasteiger partial charge in [-0.2, -0.15) is 0 Å². The lowest BCUT2D eigenvalue weighted by Crippen LogP contribution is -2.58. The van der Waals surface area contributed by atoms with Gasteiger partial charge in [0.2, 0.25) is 5.79 Å². The summed E-state index contributed by atoms with van der Waals surface area (Å²) in [6, 6.07) is 22.4. The number of carbonyl (C=O) groups is 1. The summed E-state index contributed by atoms with van der Waals surface area (Å²) in [6.45, 7) is 2.19. The number of ether oxygens (including phenoxy) is 3. The van der Waals surface area contributed by atoms with Crippen LogP contribution in [0.4, 0.5) is 0 Å². The second-order valence-electron chi connectivity index (χ2n) is 9.68. The molecule has 0 radical (unpaired) electrons. The number of rotatable bonds is 15. The second kappa shape index (κ2) is 14.0. The zero-order valence-electron chi connectivity index (χ0n) is 22.7. The lowest BCUT2D eigenvalue weighted by molar-refractivity contribution is -0.312. The van der Waals surface area contributed by atoms with Crippen LogP contribution in [0.15, 0.2) is 78.9 Å². The van der Waals surface area contributed by atoms with E-state index >= 15 is 0 Å². The van der Waals surface area contributed by atoms with E-state index in [-0.39, 0.29) is 11.5 Å². The number of unbranched alkanes of at least 4 members (excludes halogenated alkanes) is 5. The fourth-order valence-corrected chi connectivity index (χ4v) is 5.10. The Morgan fingerprint density at radius 1 is 0.737 bits per heavy atom. The number of aromatic hydroxyl groups is 2. The number of hydrogen-bond donors (Lipinski definition) is 2. The van der Waals surface area contributed by atoms with E-state index in [0.29, 0.717) is 18.4 Å². The molecule has 0 fully saturated rings. The number of phenols is 2. The highest BCUT2D eigenvalue weighted by Gasteiger charge is 2.57. The number of phenolic OH excluding ortho intramolecular Hbond substituents is 2. The maximum Gasteiger partial charge on any atom is 0.338 e. The Bertz CT molecular complexity index is 1110. The van der Waals surface area contributed by atoms with Crippen LogP contribution in [0.2, 0.25) is 0 Å². The molecule has 1 unspecified atom stereocenters. The molecule has 0 aliphatic heterocycles. The third-order valence-corrected chi connectivity index (χ3v) is 7.08. The summed E-state index contributed by atoms with van der Waals surface area (Å²) in [5.74, 6) is -1.73. The molecule has 3 aromatic carbocycles. The molecule has 0 saturated heterocycles. The first kappa shape index (κ1) is 29.2. The van der Waals surface area contributed by atoms with Gasteiger partial charge in [0.05, 0.1) is 5.56 Å². The minimum Gasteiger partial charge on any atom is -0.508 e. The predicted octanol–water partition coefficient (Wildman–Crippen LogP) is 7.13. The van der Waals surface area contributed by atoms with Crippen molar-refractivity contribution in [2.24, 2.45) is 0 Å². The first-order valence-electron chi connectivity index (χ1n) is 13.4. The van der Waals surface area contributed by atoms with Crippen LogP contribution in [0.3, 0.4) is 0 Å². The summed E-state index contributed by atoms with van der Waals surface area (Å²) >= 11 is 0. The standard InChI is InChI=1S/C32H40O6/c1-4-5-6-7-8-12-23-31(24-25-15-19-28(33)20-16-25,38-30(35)26-17-21-29(34)22-18-26)32(36-2,37-3)27-13-10-9-11-14-27/h9-11,13-22,33-34H,4-8,12,23-24H2,1-3H3. The SMILES string of the molecule is CCCCCCCCC(Cc1ccc(O)cc1)(OC(=O)c1ccc(O)cc1)C(OC)(OC)c1ccccc1. The number of benzene rings is 3. The van der Waals surface area contributed by atoms with Crippen molar-refractivity contribution in [1.82, 2.24) is 0 Å². The Labute approximate surface area is 226 Å². The first-order valence-corrected chi connectivity index (χ1v) is 13.4. The molecule has 6 nitrogen and oxygen atoms in total. The summed E-state index contributed by atoms with van der Waals surface area (Å²) in [7, 11) is 3.13.